The van der Waals surface area contributed by atoms with Crippen LogP contribution in [-0.2, 0) is 14.8 Å². The highest BCUT2D eigenvalue weighted by Gasteiger charge is 2.27. The van der Waals surface area contributed by atoms with Crippen molar-refractivity contribution in [2.24, 2.45) is 0 Å². The van der Waals surface area contributed by atoms with E-state index in [9.17, 15) is 8.42 Å². The van der Waals surface area contributed by atoms with Crippen LogP contribution in [0.4, 0.5) is 5.82 Å². The van der Waals surface area contributed by atoms with Gasteiger partial charge in [-0.15, -0.1) is 0 Å². The molecular formula is C18H30N6O3S2. The number of pyridine rings is 1. The second-order valence-corrected chi connectivity index (χ2v) is 9.52. The van der Waals surface area contributed by atoms with Crippen LogP contribution in [0.25, 0.3) is 0 Å². The molecule has 11 heteroatoms. The summed E-state index contributed by atoms with van der Waals surface area (Å²) >= 11 is 5.25. The van der Waals surface area contributed by atoms with Crippen LogP contribution < -0.4 is 15.5 Å². The van der Waals surface area contributed by atoms with Gasteiger partial charge in [-0.2, -0.15) is 4.31 Å². The number of anilines is 1. The highest BCUT2D eigenvalue weighted by molar-refractivity contribution is 7.89. The van der Waals surface area contributed by atoms with E-state index in [4.69, 9.17) is 17.0 Å². The summed E-state index contributed by atoms with van der Waals surface area (Å²) in [5.41, 5.74) is 0. The number of rotatable bonds is 8. The first kappa shape index (κ1) is 22.2. The maximum atomic E-state index is 12.6. The molecule has 1 aromatic rings. The van der Waals surface area contributed by atoms with Gasteiger partial charge in [-0.05, 0) is 24.4 Å². The summed E-state index contributed by atoms with van der Waals surface area (Å²) in [5, 5.41) is 6.63. The number of nitrogens with one attached hydrogen (secondary N) is 2. The van der Waals surface area contributed by atoms with Gasteiger partial charge in [0.15, 0.2) is 5.11 Å². The Morgan fingerprint density at radius 1 is 1.07 bits per heavy atom. The molecule has 0 saturated carbocycles. The third-order valence-corrected chi connectivity index (χ3v) is 7.23. The minimum atomic E-state index is -3.31. The molecule has 9 nitrogen and oxygen atoms in total. The van der Waals surface area contributed by atoms with E-state index < -0.39 is 10.0 Å². The molecule has 2 saturated heterocycles. The van der Waals surface area contributed by atoms with E-state index in [-0.39, 0.29) is 5.75 Å². The third-order valence-electron chi connectivity index (χ3n) is 5.07. The monoisotopic (exact) mass is 442 g/mol. The van der Waals surface area contributed by atoms with E-state index in [0.29, 0.717) is 37.8 Å². The van der Waals surface area contributed by atoms with Crippen molar-refractivity contribution in [1.82, 2.24) is 24.8 Å². The van der Waals surface area contributed by atoms with Crippen LogP contribution in [0.2, 0.25) is 0 Å². The Balaban J connectivity index is 1.32. The topological polar surface area (TPSA) is 90.0 Å². The first-order chi connectivity index (χ1) is 14.0. The van der Waals surface area contributed by atoms with Crippen molar-refractivity contribution in [2.75, 3.05) is 82.8 Å². The fourth-order valence-corrected chi connectivity index (χ4v) is 4.92. The van der Waals surface area contributed by atoms with E-state index in [2.05, 4.69) is 25.4 Å². The fourth-order valence-electron chi connectivity index (χ4n) is 3.37. The lowest BCUT2D eigenvalue weighted by molar-refractivity contribution is 0.0389. The summed E-state index contributed by atoms with van der Waals surface area (Å²) in [7, 11) is -3.31. The molecule has 3 heterocycles. The number of ether oxygens (including phenoxy) is 1. The number of hydrogen-bond donors (Lipinski definition) is 2. The van der Waals surface area contributed by atoms with E-state index in [0.717, 1.165) is 45.2 Å². The minimum Gasteiger partial charge on any atom is -0.379 e. The van der Waals surface area contributed by atoms with Crippen LogP contribution in [0.5, 0.6) is 0 Å². The molecule has 0 spiro atoms. The second-order valence-electron chi connectivity index (χ2n) is 7.03. The van der Waals surface area contributed by atoms with Gasteiger partial charge in [-0.3, -0.25) is 4.90 Å². The zero-order valence-electron chi connectivity index (χ0n) is 16.6. The van der Waals surface area contributed by atoms with Crippen LogP contribution in [0.15, 0.2) is 24.4 Å². The average molecular weight is 443 g/mol. The summed E-state index contributed by atoms with van der Waals surface area (Å²) in [6, 6.07) is 5.76. The number of morpholine rings is 1. The van der Waals surface area contributed by atoms with Crippen LogP contribution in [-0.4, -0.2) is 106 Å². The van der Waals surface area contributed by atoms with E-state index in [1.165, 1.54) is 0 Å². The summed E-state index contributed by atoms with van der Waals surface area (Å²) < 4.78 is 32.1. The molecule has 2 fully saturated rings. The molecule has 0 atom stereocenters. The molecule has 29 heavy (non-hydrogen) atoms. The van der Waals surface area contributed by atoms with Gasteiger partial charge >= 0.3 is 0 Å². The van der Waals surface area contributed by atoms with Crippen molar-refractivity contribution in [1.29, 1.82) is 0 Å². The van der Waals surface area contributed by atoms with Crippen molar-refractivity contribution < 1.29 is 13.2 Å². The largest absolute Gasteiger partial charge is 0.379 e. The van der Waals surface area contributed by atoms with Gasteiger partial charge in [-0.25, -0.2) is 13.4 Å². The highest BCUT2D eigenvalue weighted by atomic mass is 32.2. The second kappa shape index (κ2) is 11.0. The SMILES string of the molecule is O=S(=O)(CCNC(=S)NCCN1CCOCC1)N1CCN(c2ccccn2)CC1. The maximum absolute atomic E-state index is 12.6. The summed E-state index contributed by atoms with van der Waals surface area (Å²) in [6.45, 7) is 7.58. The van der Waals surface area contributed by atoms with Gasteiger partial charge in [0.25, 0.3) is 0 Å². The van der Waals surface area contributed by atoms with Gasteiger partial charge in [0.05, 0.1) is 19.0 Å². The lowest BCUT2D eigenvalue weighted by Gasteiger charge is -2.34. The number of nitrogens with zero attached hydrogens (tertiary/aromatic N) is 4. The molecule has 0 amide bonds. The first-order valence-corrected chi connectivity index (χ1v) is 12.0. The van der Waals surface area contributed by atoms with Crippen molar-refractivity contribution in [3.8, 4) is 0 Å². The molecule has 0 aromatic carbocycles. The summed E-state index contributed by atoms with van der Waals surface area (Å²) in [5.74, 6) is 0.918. The molecule has 0 bridgehead atoms. The van der Waals surface area contributed by atoms with Crippen LogP contribution >= 0.6 is 12.2 Å². The maximum Gasteiger partial charge on any atom is 0.215 e. The average Bonchev–Trinajstić information content (AvgIpc) is 2.75. The Labute approximate surface area is 178 Å². The lowest BCUT2D eigenvalue weighted by atomic mass is 10.3. The van der Waals surface area contributed by atoms with Crippen molar-refractivity contribution in [2.45, 2.75) is 0 Å². The lowest BCUT2D eigenvalue weighted by Crippen LogP contribution is -2.50. The van der Waals surface area contributed by atoms with Gasteiger partial charge in [-0.1, -0.05) is 6.07 Å². The normalized spacial score (nSPS) is 19.1. The molecule has 2 N–H and O–H groups in total. The number of sulfonamides is 1. The Kier molecular flexibility index (Phi) is 8.42. The van der Waals surface area contributed by atoms with Crippen LogP contribution in [0, 0.1) is 0 Å². The van der Waals surface area contributed by atoms with Crippen molar-refractivity contribution >= 4 is 33.2 Å². The zero-order valence-corrected chi connectivity index (χ0v) is 18.3. The van der Waals surface area contributed by atoms with Crippen LogP contribution in [0.3, 0.4) is 0 Å². The molecule has 162 valence electrons. The first-order valence-electron chi connectivity index (χ1n) is 10.0. The van der Waals surface area contributed by atoms with Crippen LogP contribution in [0.1, 0.15) is 0 Å². The number of hydrogen-bond acceptors (Lipinski definition) is 7. The minimum absolute atomic E-state index is 0.0296. The van der Waals surface area contributed by atoms with E-state index in [1.54, 1.807) is 10.5 Å². The van der Waals surface area contributed by atoms with Gasteiger partial charge in [0.1, 0.15) is 5.82 Å². The van der Waals surface area contributed by atoms with Crippen molar-refractivity contribution in [3.63, 3.8) is 0 Å². The molecule has 2 aliphatic heterocycles. The fraction of sp³-hybridized carbons (Fsp3) is 0.667. The third kappa shape index (κ3) is 7.03. The van der Waals surface area contributed by atoms with E-state index >= 15 is 0 Å². The molecule has 0 unspecified atom stereocenters. The quantitative estimate of drug-likeness (QED) is 0.509. The van der Waals surface area contributed by atoms with Gasteiger partial charge in [0.2, 0.25) is 10.0 Å². The Morgan fingerprint density at radius 3 is 2.48 bits per heavy atom. The molecule has 0 radical (unpaired) electrons. The molecule has 0 aliphatic carbocycles. The number of thiocarbonyl (C=S) groups is 1. The zero-order chi connectivity index (χ0) is 20.5. The predicted octanol–water partition coefficient (Wildman–Crippen LogP) is -0.670. The Bertz CT molecular complexity index is 735. The molecule has 2 aliphatic rings. The molecule has 3 rings (SSSR count). The smallest absolute Gasteiger partial charge is 0.215 e. The Morgan fingerprint density at radius 2 is 1.79 bits per heavy atom. The number of aromatic nitrogens is 1. The molecular weight excluding hydrogens is 412 g/mol. The van der Waals surface area contributed by atoms with E-state index in [1.807, 2.05) is 18.2 Å². The Hall–Kier alpha value is -1.53. The summed E-state index contributed by atoms with van der Waals surface area (Å²) in [6.07, 6.45) is 1.75. The van der Waals surface area contributed by atoms with Gasteiger partial charge < -0.3 is 20.3 Å². The number of piperazine rings is 1. The van der Waals surface area contributed by atoms with Crippen molar-refractivity contribution in [3.05, 3.63) is 24.4 Å². The molecule has 1 aromatic heterocycles. The highest BCUT2D eigenvalue weighted by Crippen LogP contribution is 2.14. The van der Waals surface area contributed by atoms with Gasteiger partial charge in [0, 0.05) is 65.1 Å². The summed E-state index contributed by atoms with van der Waals surface area (Å²) in [4.78, 5) is 8.75. The standard InChI is InChI=1S/C18H30N6O3S2/c25-29(26,24-10-8-23(9-11-24)17-3-1-2-4-19-17)16-6-21-18(28)20-5-7-22-12-14-27-15-13-22/h1-4H,5-16H2,(H2,20,21,28). The predicted molar refractivity (Wildman–Crippen MR) is 118 cm³/mol.